The Hall–Kier alpha value is -0.120. The van der Waals surface area contributed by atoms with Crippen LogP contribution in [0.4, 0.5) is 0 Å². The normalized spacial score (nSPS) is 20.2. The van der Waals surface area contributed by atoms with Gasteiger partial charge in [0.2, 0.25) is 0 Å². The van der Waals surface area contributed by atoms with E-state index in [-0.39, 0.29) is 0 Å². The molecule has 0 unspecified atom stereocenters. The van der Waals surface area contributed by atoms with E-state index >= 15 is 0 Å². The molecule has 1 aliphatic rings. The Morgan fingerprint density at radius 3 is 2.25 bits per heavy atom. The molecular formula is C13H29N3. The minimum absolute atomic E-state index is 0.335. The van der Waals surface area contributed by atoms with Crippen LogP contribution in [-0.4, -0.2) is 56.1 Å². The molecule has 1 heterocycles. The molecule has 16 heavy (non-hydrogen) atoms. The number of piperazine rings is 1. The van der Waals surface area contributed by atoms with Gasteiger partial charge in [-0.15, -0.1) is 0 Å². The van der Waals surface area contributed by atoms with E-state index in [1.54, 1.807) is 0 Å². The maximum absolute atomic E-state index is 5.73. The van der Waals surface area contributed by atoms with Crippen molar-refractivity contribution in [1.82, 2.24) is 9.80 Å². The van der Waals surface area contributed by atoms with Crippen LogP contribution < -0.4 is 5.73 Å². The van der Waals surface area contributed by atoms with Crippen molar-refractivity contribution in [2.75, 3.05) is 46.3 Å². The zero-order chi connectivity index (χ0) is 12.0. The van der Waals surface area contributed by atoms with Crippen LogP contribution in [0.15, 0.2) is 0 Å². The number of rotatable bonds is 6. The van der Waals surface area contributed by atoms with Gasteiger partial charge in [0.05, 0.1) is 0 Å². The number of hydrogen-bond donors (Lipinski definition) is 1. The molecule has 3 heteroatoms. The Kier molecular flexibility index (Phi) is 5.73. The lowest BCUT2D eigenvalue weighted by Gasteiger charge is -2.32. The van der Waals surface area contributed by atoms with Crippen molar-refractivity contribution in [3.63, 3.8) is 0 Å². The van der Waals surface area contributed by atoms with Gasteiger partial charge in [0.1, 0.15) is 0 Å². The highest BCUT2D eigenvalue weighted by atomic mass is 15.2. The third kappa shape index (κ3) is 5.28. The largest absolute Gasteiger partial charge is 0.330 e. The van der Waals surface area contributed by atoms with Crippen LogP contribution in [0.5, 0.6) is 0 Å². The highest BCUT2D eigenvalue weighted by Gasteiger charge is 2.16. The summed E-state index contributed by atoms with van der Waals surface area (Å²) in [5.41, 5.74) is 6.07. The van der Waals surface area contributed by atoms with Gasteiger partial charge in [-0.2, -0.15) is 0 Å². The molecule has 1 rings (SSSR count). The maximum Gasteiger partial charge on any atom is 0.0110 e. The Morgan fingerprint density at radius 1 is 1.06 bits per heavy atom. The summed E-state index contributed by atoms with van der Waals surface area (Å²) in [6.45, 7) is 11.6. The maximum atomic E-state index is 5.73. The van der Waals surface area contributed by atoms with E-state index in [1.165, 1.54) is 52.0 Å². The molecule has 1 aliphatic heterocycles. The van der Waals surface area contributed by atoms with E-state index in [2.05, 4.69) is 30.7 Å². The van der Waals surface area contributed by atoms with Crippen molar-refractivity contribution >= 4 is 0 Å². The quantitative estimate of drug-likeness (QED) is 0.696. The van der Waals surface area contributed by atoms with E-state index in [4.69, 9.17) is 5.73 Å². The van der Waals surface area contributed by atoms with E-state index in [9.17, 15) is 0 Å². The molecule has 0 radical (unpaired) electrons. The number of nitrogens with zero attached hydrogens (tertiary/aromatic N) is 2. The predicted octanol–water partition coefficient (Wildman–Crippen LogP) is 1.39. The number of hydrogen-bond acceptors (Lipinski definition) is 3. The van der Waals surface area contributed by atoms with Crippen molar-refractivity contribution in [3.05, 3.63) is 0 Å². The molecule has 0 aromatic carbocycles. The number of unbranched alkanes of at least 4 members (excludes halogenated alkanes) is 1. The standard InChI is InChI=1S/C13H29N3/c1-13(2,12-14)6-4-5-7-16-10-8-15(3)9-11-16/h4-12,14H2,1-3H3. The average molecular weight is 227 g/mol. The molecule has 0 amide bonds. The van der Waals surface area contributed by atoms with Crippen molar-refractivity contribution in [2.45, 2.75) is 33.1 Å². The van der Waals surface area contributed by atoms with Crippen LogP contribution in [0.2, 0.25) is 0 Å². The van der Waals surface area contributed by atoms with Crippen LogP contribution in [0, 0.1) is 5.41 Å². The number of nitrogens with two attached hydrogens (primary N) is 1. The topological polar surface area (TPSA) is 32.5 Å². The molecule has 0 spiro atoms. The Morgan fingerprint density at radius 2 is 1.69 bits per heavy atom. The average Bonchev–Trinajstić information content (AvgIpc) is 2.27. The highest BCUT2D eigenvalue weighted by Crippen LogP contribution is 2.21. The van der Waals surface area contributed by atoms with Gasteiger partial charge in [-0.05, 0) is 38.4 Å². The van der Waals surface area contributed by atoms with Gasteiger partial charge in [0.15, 0.2) is 0 Å². The summed E-state index contributed by atoms with van der Waals surface area (Å²) in [5.74, 6) is 0. The first-order chi connectivity index (χ1) is 7.53. The van der Waals surface area contributed by atoms with Crippen molar-refractivity contribution in [3.8, 4) is 0 Å². The summed E-state index contributed by atoms with van der Waals surface area (Å²) in [7, 11) is 2.21. The van der Waals surface area contributed by atoms with Gasteiger partial charge in [-0.1, -0.05) is 20.3 Å². The molecule has 0 saturated carbocycles. The van der Waals surface area contributed by atoms with Crippen molar-refractivity contribution < 1.29 is 0 Å². The van der Waals surface area contributed by atoms with Gasteiger partial charge in [-0.3, -0.25) is 0 Å². The molecule has 3 nitrogen and oxygen atoms in total. The van der Waals surface area contributed by atoms with Gasteiger partial charge in [0.25, 0.3) is 0 Å². The van der Waals surface area contributed by atoms with E-state index in [0.717, 1.165) is 6.54 Å². The first kappa shape index (κ1) is 13.9. The summed E-state index contributed by atoms with van der Waals surface area (Å²) < 4.78 is 0. The monoisotopic (exact) mass is 227 g/mol. The summed E-state index contributed by atoms with van der Waals surface area (Å²) in [6.07, 6.45) is 3.90. The molecule has 1 fully saturated rings. The second-order valence-corrected chi connectivity index (χ2v) is 5.97. The molecule has 0 aromatic rings. The van der Waals surface area contributed by atoms with Gasteiger partial charge in [0, 0.05) is 26.2 Å². The lowest BCUT2D eigenvalue weighted by molar-refractivity contribution is 0.150. The fourth-order valence-corrected chi connectivity index (χ4v) is 2.11. The van der Waals surface area contributed by atoms with E-state index < -0.39 is 0 Å². The zero-order valence-electron chi connectivity index (χ0n) is 11.3. The molecule has 0 aliphatic carbocycles. The third-order valence-electron chi connectivity index (χ3n) is 3.73. The van der Waals surface area contributed by atoms with E-state index in [1.807, 2.05) is 0 Å². The molecule has 1 saturated heterocycles. The molecule has 0 aromatic heterocycles. The van der Waals surface area contributed by atoms with Gasteiger partial charge in [-0.25, -0.2) is 0 Å². The van der Waals surface area contributed by atoms with Crippen LogP contribution in [-0.2, 0) is 0 Å². The molecule has 0 bridgehead atoms. The smallest absolute Gasteiger partial charge is 0.0110 e. The molecule has 2 N–H and O–H groups in total. The Labute approximate surface area is 101 Å². The van der Waals surface area contributed by atoms with Crippen molar-refractivity contribution in [2.24, 2.45) is 11.1 Å². The minimum Gasteiger partial charge on any atom is -0.330 e. The first-order valence-electron chi connectivity index (χ1n) is 6.64. The fourth-order valence-electron chi connectivity index (χ4n) is 2.11. The minimum atomic E-state index is 0.335. The van der Waals surface area contributed by atoms with Crippen LogP contribution in [0.3, 0.4) is 0 Å². The summed E-state index contributed by atoms with van der Waals surface area (Å²) in [5, 5.41) is 0. The molecule has 96 valence electrons. The third-order valence-corrected chi connectivity index (χ3v) is 3.73. The predicted molar refractivity (Wildman–Crippen MR) is 70.6 cm³/mol. The summed E-state index contributed by atoms with van der Waals surface area (Å²) in [6, 6.07) is 0. The fraction of sp³-hybridized carbons (Fsp3) is 1.00. The number of likely N-dealkylation sites (N-methyl/N-ethyl adjacent to an activating group) is 1. The Balaban J connectivity index is 2.03. The lowest BCUT2D eigenvalue weighted by Crippen LogP contribution is -2.44. The zero-order valence-corrected chi connectivity index (χ0v) is 11.3. The van der Waals surface area contributed by atoms with Crippen LogP contribution >= 0.6 is 0 Å². The van der Waals surface area contributed by atoms with Crippen LogP contribution in [0.1, 0.15) is 33.1 Å². The lowest BCUT2D eigenvalue weighted by atomic mass is 9.87. The SMILES string of the molecule is CN1CCN(CCCCC(C)(C)CN)CC1. The van der Waals surface area contributed by atoms with Crippen LogP contribution in [0.25, 0.3) is 0 Å². The first-order valence-corrected chi connectivity index (χ1v) is 6.64. The van der Waals surface area contributed by atoms with Gasteiger partial charge >= 0.3 is 0 Å². The highest BCUT2D eigenvalue weighted by molar-refractivity contribution is 4.71. The molecular weight excluding hydrogens is 198 g/mol. The van der Waals surface area contributed by atoms with Crippen molar-refractivity contribution in [1.29, 1.82) is 0 Å². The Bertz CT molecular complexity index is 184. The van der Waals surface area contributed by atoms with E-state index in [0.29, 0.717) is 5.41 Å². The van der Waals surface area contributed by atoms with Gasteiger partial charge < -0.3 is 15.5 Å². The summed E-state index contributed by atoms with van der Waals surface area (Å²) in [4.78, 5) is 5.00. The summed E-state index contributed by atoms with van der Waals surface area (Å²) >= 11 is 0. The second-order valence-electron chi connectivity index (χ2n) is 5.97. The second kappa shape index (κ2) is 6.58. The molecule has 0 atom stereocenters.